The van der Waals surface area contributed by atoms with Crippen molar-refractivity contribution in [2.75, 3.05) is 111 Å². The van der Waals surface area contributed by atoms with Crippen molar-refractivity contribution in [1.29, 1.82) is 0 Å². The summed E-state index contributed by atoms with van der Waals surface area (Å²) in [5.41, 5.74) is 13.8. The van der Waals surface area contributed by atoms with E-state index in [2.05, 4.69) is 35.1 Å². The van der Waals surface area contributed by atoms with Gasteiger partial charge >= 0.3 is 0 Å². The molecule has 4 aliphatic heterocycles. The number of nitrogens with zero attached hydrogens (tertiary/aromatic N) is 4. The summed E-state index contributed by atoms with van der Waals surface area (Å²) in [5, 5.41) is 14.4. The molecule has 4 unspecified atom stereocenters. The average Bonchev–Trinajstić information content (AvgIpc) is 1.61. The van der Waals surface area contributed by atoms with E-state index in [1.807, 2.05) is 201 Å². The van der Waals surface area contributed by atoms with E-state index >= 15 is 0 Å². The minimum absolute atomic E-state index is 0.154. The molecule has 4 atom stereocenters. The molecular weight excluding hydrogens is 1490 g/mol. The number of sulfonamides is 4. The Labute approximate surface area is 669 Å². The second-order valence-electron chi connectivity index (χ2n) is 29.6. The van der Waals surface area contributed by atoms with Crippen LogP contribution in [0.25, 0.3) is 0 Å². The number of rotatable bonds is 30. The maximum Gasteiger partial charge on any atom is 0.264 e. The Bertz CT molecular complexity index is 4890. The molecule has 0 radical (unpaired) electrons. The van der Waals surface area contributed by atoms with Crippen molar-refractivity contribution in [3.63, 3.8) is 0 Å². The maximum absolute atomic E-state index is 13.3. The van der Waals surface area contributed by atoms with E-state index in [4.69, 9.17) is 18.9 Å². The summed E-state index contributed by atoms with van der Waals surface area (Å²) in [4.78, 5) is 1.54. The fraction of sp³-hybridized carbons (Fsp3) is 0.455. The second-order valence-corrected chi connectivity index (χ2v) is 37.4. The van der Waals surface area contributed by atoms with Crippen LogP contribution in [0.4, 0.5) is 22.7 Å². The first-order valence-electron chi connectivity index (χ1n) is 39.6. The van der Waals surface area contributed by atoms with E-state index in [9.17, 15) is 33.7 Å². The first kappa shape index (κ1) is 88.4. The van der Waals surface area contributed by atoms with Crippen molar-refractivity contribution < 1.29 is 52.6 Å². The summed E-state index contributed by atoms with van der Waals surface area (Å²) in [7, 11) is -7.86. The highest BCUT2D eigenvalue weighted by Crippen LogP contribution is 2.45. The normalized spacial score (nSPS) is 17.8. The molecule has 0 bridgehead atoms. The maximum atomic E-state index is 13.3. The number of para-hydroxylation sites is 4. The highest BCUT2D eigenvalue weighted by Gasteiger charge is 2.39. The third kappa shape index (κ3) is 21.7. The lowest BCUT2D eigenvalue weighted by molar-refractivity contribution is 0.0756. The molecule has 0 aromatic heterocycles. The molecular formula is C88H120N8O12S4. The van der Waals surface area contributed by atoms with Crippen molar-refractivity contribution >= 4 is 62.8 Å². The van der Waals surface area contributed by atoms with Gasteiger partial charge in [-0.1, -0.05) is 121 Å². The van der Waals surface area contributed by atoms with E-state index in [0.717, 1.165) is 220 Å². The lowest BCUT2D eigenvalue weighted by Crippen LogP contribution is -2.26. The number of fused-ring (bicyclic) bond motifs is 8. The molecule has 4 heterocycles. The van der Waals surface area contributed by atoms with E-state index in [1.165, 1.54) is 17.2 Å². The monoisotopic (exact) mass is 1610 g/mol. The first-order chi connectivity index (χ1) is 53.6. The standard InChI is InChI=1S/C23H32N2O3S.2C22H30N2O3S.C21H28N2O3S/c1-17(2)28-15-9-5-8-14-24-23-19-10-6-7-11-21(19)25(4)29(26,27)22-16-18(3)12-13-20(22)23;1-16(2)27-14-8-7-13-23-22-18-9-5-6-10-20(18)24(4)28(25,26)21-15-17(3)11-12-19(21)22;1-4-27-15-9-5-8-14-23-22-18-10-6-7-11-20(18)24(3)28(25,26)21-16-17(2)12-13-19(21)22;1-4-26-14-8-7-13-22-21-17-9-5-6-10-19(17)23(3)27(24,25)20-15-16(2)11-12-18(20)21/h6-7,10-13,16-17,23-24H,5,8-9,14-15H2,1-4H3;5-6,9-12,15-16,22-23H,7-8,13-14H2,1-4H3;6-7,10-13,16,22-23H,4-5,8-9,14-15H2,1-3H3;5-6,9-12,15,21-22H,4,7-8,13-14H2,1-3H3. The van der Waals surface area contributed by atoms with Gasteiger partial charge in [-0.25, -0.2) is 33.7 Å². The fourth-order valence-corrected chi connectivity index (χ4v) is 20.7. The van der Waals surface area contributed by atoms with Gasteiger partial charge in [0.15, 0.2) is 0 Å². The Morgan fingerprint density at radius 2 is 0.527 bits per heavy atom. The van der Waals surface area contributed by atoms with Gasteiger partial charge in [0, 0.05) is 67.8 Å². The number of hydrogen-bond donors (Lipinski definition) is 4. The zero-order chi connectivity index (χ0) is 80.9. The topological polar surface area (TPSA) is 235 Å². The molecule has 112 heavy (non-hydrogen) atoms. The van der Waals surface area contributed by atoms with Gasteiger partial charge in [0.25, 0.3) is 40.1 Å². The molecule has 20 nitrogen and oxygen atoms in total. The predicted molar refractivity (Wildman–Crippen MR) is 454 cm³/mol. The van der Waals surface area contributed by atoms with Crippen molar-refractivity contribution in [2.45, 2.75) is 189 Å². The quantitative estimate of drug-likeness (QED) is 0.0306. The van der Waals surface area contributed by atoms with Crippen molar-refractivity contribution in [3.05, 3.63) is 237 Å². The van der Waals surface area contributed by atoms with Crippen LogP contribution in [-0.2, 0) is 59.0 Å². The summed E-state index contributed by atoms with van der Waals surface area (Å²) in [5.74, 6) is 0. The first-order valence-corrected chi connectivity index (χ1v) is 45.4. The lowest BCUT2D eigenvalue weighted by atomic mass is 9.96. The molecule has 4 aliphatic rings. The number of hydrogen-bond acceptors (Lipinski definition) is 16. The van der Waals surface area contributed by atoms with Crippen molar-refractivity contribution in [2.24, 2.45) is 0 Å². The van der Waals surface area contributed by atoms with Crippen molar-refractivity contribution in [1.82, 2.24) is 21.3 Å². The van der Waals surface area contributed by atoms with Gasteiger partial charge < -0.3 is 40.2 Å². The SMILES string of the molecule is CCOCCCCCNC1c2ccccc2N(C)S(=O)(=O)c2cc(C)ccc21.CCOCCCCNC1c2ccccc2N(C)S(=O)(=O)c2cc(C)ccc21.Cc1ccc2c(c1)S(=O)(=O)N(C)c1ccccc1C2NCCCCCOC(C)C.Cc1ccc2c(c1)S(=O)(=O)N(C)c1ccccc1C2NCCCCOC(C)C. The number of benzene rings is 8. The predicted octanol–water partition coefficient (Wildman–Crippen LogP) is 16.1. The number of ether oxygens (including phenoxy) is 4. The molecule has 12 rings (SSSR count). The minimum Gasteiger partial charge on any atom is -0.382 e. The number of anilines is 4. The van der Waals surface area contributed by atoms with Crippen LogP contribution in [0.3, 0.4) is 0 Å². The minimum atomic E-state index is -3.60. The Morgan fingerprint density at radius 1 is 0.304 bits per heavy atom. The van der Waals surface area contributed by atoms with Gasteiger partial charge in [-0.3, -0.25) is 17.2 Å². The van der Waals surface area contributed by atoms with E-state index < -0.39 is 40.1 Å². The Morgan fingerprint density at radius 3 is 0.777 bits per heavy atom. The average molecular weight is 1610 g/mol. The van der Waals surface area contributed by atoms with Crippen molar-refractivity contribution in [3.8, 4) is 0 Å². The summed E-state index contributed by atoms with van der Waals surface area (Å²) in [6.07, 6.45) is 10.7. The zero-order valence-electron chi connectivity index (χ0n) is 68.1. The number of nitrogens with one attached hydrogen (secondary N) is 4. The largest absolute Gasteiger partial charge is 0.382 e. The molecule has 0 amide bonds. The molecule has 8 aromatic carbocycles. The Hall–Kier alpha value is -7.56. The summed E-state index contributed by atoms with van der Waals surface area (Å²) >= 11 is 0. The fourth-order valence-electron chi connectivity index (χ4n) is 14.5. The summed E-state index contributed by atoms with van der Waals surface area (Å²) in [6.45, 7) is 27.7. The van der Waals surface area contributed by atoms with Gasteiger partial charge in [0.1, 0.15) is 0 Å². The highest BCUT2D eigenvalue weighted by molar-refractivity contribution is 7.93. The van der Waals surface area contributed by atoms with Crippen LogP contribution in [0.1, 0.15) is 197 Å². The van der Waals surface area contributed by atoms with Crippen LogP contribution in [0.5, 0.6) is 0 Å². The second kappa shape index (κ2) is 41.1. The van der Waals surface area contributed by atoms with E-state index in [-0.39, 0.29) is 36.4 Å². The molecule has 24 heteroatoms. The van der Waals surface area contributed by atoms with Gasteiger partial charge in [-0.2, -0.15) is 0 Å². The Kier molecular flexibility index (Phi) is 32.5. The van der Waals surface area contributed by atoms with Crippen LogP contribution in [0.2, 0.25) is 0 Å². The molecule has 0 saturated heterocycles. The lowest BCUT2D eigenvalue weighted by Gasteiger charge is -2.22. The van der Waals surface area contributed by atoms with Crippen LogP contribution >= 0.6 is 0 Å². The number of unbranched alkanes of at least 4 members (excludes halogenated alkanes) is 6. The van der Waals surface area contributed by atoms with Gasteiger partial charge in [0.2, 0.25) is 0 Å². The zero-order valence-corrected chi connectivity index (χ0v) is 71.4. The van der Waals surface area contributed by atoms with Crippen LogP contribution in [0.15, 0.2) is 189 Å². The molecule has 0 saturated carbocycles. The van der Waals surface area contributed by atoms with Gasteiger partial charge in [-0.15, -0.1) is 0 Å². The van der Waals surface area contributed by atoms with Crippen LogP contribution < -0.4 is 38.5 Å². The highest BCUT2D eigenvalue weighted by atomic mass is 32.2. The molecule has 608 valence electrons. The molecule has 0 spiro atoms. The third-order valence-corrected chi connectivity index (χ3v) is 27.9. The smallest absolute Gasteiger partial charge is 0.264 e. The third-order valence-electron chi connectivity index (χ3n) is 20.6. The van der Waals surface area contributed by atoms with Crippen LogP contribution in [0, 0.1) is 27.7 Å². The summed E-state index contributed by atoms with van der Waals surface area (Å²) in [6, 6.07) is 53.1. The molecule has 4 N–H and O–H groups in total. The molecule has 0 fully saturated rings. The molecule has 8 aromatic rings. The van der Waals surface area contributed by atoms with E-state index in [0.29, 0.717) is 19.6 Å². The molecule has 0 aliphatic carbocycles. The van der Waals surface area contributed by atoms with Crippen LogP contribution in [-0.4, -0.2) is 140 Å². The summed E-state index contributed by atoms with van der Waals surface area (Å²) < 4.78 is 134. The number of aryl methyl sites for hydroxylation is 4. The van der Waals surface area contributed by atoms with E-state index in [1.54, 1.807) is 52.5 Å². The van der Waals surface area contributed by atoms with Gasteiger partial charge in [-0.05, 0) is 275 Å². The van der Waals surface area contributed by atoms with Gasteiger partial charge in [0.05, 0.1) is 78.7 Å². The Balaban J connectivity index is 0.000000171.